The summed E-state index contributed by atoms with van der Waals surface area (Å²) in [6.07, 6.45) is 4.45. The molecular weight excluding hydrogens is 232 g/mol. The maximum atomic E-state index is 11.4. The summed E-state index contributed by atoms with van der Waals surface area (Å²) in [5.74, 6) is -0.939. The molecule has 0 aliphatic carbocycles. The SMILES string of the molecule is CCCCC(CC)(OOC(C)(C)CCC)C(=O)O. The molecule has 108 valence electrons. The highest BCUT2D eigenvalue weighted by Gasteiger charge is 2.40. The molecule has 0 saturated carbocycles. The molecule has 4 heteroatoms. The Hall–Kier alpha value is -0.610. The van der Waals surface area contributed by atoms with Gasteiger partial charge < -0.3 is 5.11 Å². The fourth-order valence-electron chi connectivity index (χ4n) is 1.87. The summed E-state index contributed by atoms with van der Waals surface area (Å²) in [5, 5.41) is 9.37. The van der Waals surface area contributed by atoms with Crippen LogP contribution >= 0.6 is 0 Å². The summed E-state index contributed by atoms with van der Waals surface area (Å²) in [4.78, 5) is 22.2. The predicted octanol–water partition coefficient (Wildman–Crippen LogP) is 3.94. The van der Waals surface area contributed by atoms with Gasteiger partial charge in [-0.1, -0.05) is 40.0 Å². The zero-order valence-electron chi connectivity index (χ0n) is 12.4. The van der Waals surface area contributed by atoms with E-state index in [0.29, 0.717) is 12.8 Å². The monoisotopic (exact) mass is 260 g/mol. The number of carboxylic acids is 1. The van der Waals surface area contributed by atoms with E-state index < -0.39 is 17.2 Å². The molecule has 0 aliphatic heterocycles. The van der Waals surface area contributed by atoms with Crippen LogP contribution in [0.2, 0.25) is 0 Å². The Bertz CT molecular complexity index is 250. The molecular formula is C14H28O4. The zero-order chi connectivity index (χ0) is 14.2. The highest BCUT2D eigenvalue weighted by atomic mass is 17.2. The van der Waals surface area contributed by atoms with Gasteiger partial charge in [0.05, 0.1) is 5.60 Å². The van der Waals surface area contributed by atoms with Crippen LogP contribution in [0.5, 0.6) is 0 Å². The highest BCUT2D eigenvalue weighted by molar-refractivity contribution is 5.77. The van der Waals surface area contributed by atoms with E-state index >= 15 is 0 Å². The van der Waals surface area contributed by atoms with E-state index in [9.17, 15) is 9.90 Å². The minimum Gasteiger partial charge on any atom is -0.479 e. The lowest BCUT2D eigenvalue weighted by molar-refractivity contribution is -0.402. The fourth-order valence-corrected chi connectivity index (χ4v) is 1.87. The Labute approximate surface area is 111 Å². The maximum Gasteiger partial charge on any atom is 0.339 e. The summed E-state index contributed by atoms with van der Waals surface area (Å²) >= 11 is 0. The zero-order valence-corrected chi connectivity index (χ0v) is 12.4. The molecule has 0 amide bonds. The van der Waals surface area contributed by atoms with Crippen molar-refractivity contribution in [2.75, 3.05) is 0 Å². The molecule has 1 unspecified atom stereocenters. The van der Waals surface area contributed by atoms with Gasteiger partial charge in [0.1, 0.15) is 0 Å². The molecule has 0 aromatic rings. The summed E-state index contributed by atoms with van der Waals surface area (Å²) in [7, 11) is 0. The first-order valence-corrected chi connectivity index (χ1v) is 6.93. The van der Waals surface area contributed by atoms with Crippen LogP contribution in [0.15, 0.2) is 0 Å². The molecule has 0 aliphatic rings. The second kappa shape index (κ2) is 7.74. The first-order valence-electron chi connectivity index (χ1n) is 6.93. The largest absolute Gasteiger partial charge is 0.479 e. The van der Waals surface area contributed by atoms with E-state index in [1.807, 2.05) is 27.7 Å². The Morgan fingerprint density at radius 1 is 1.06 bits per heavy atom. The van der Waals surface area contributed by atoms with Crippen molar-refractivity contribution in [2.45, 2.75) is 84.3 Å². The van der Waals surface area contributed by atoms with Crippen molar-refractivity contribution in [3.63, 3.8) is 0 Å². The minimum absolute atomic E-state index is 0.407. The second-order valence-corrected chi connectivity index (χ2v) is 5.43. The number of aliphatic carboxylic acids is 1. The van der Waals surface area contributed by atoms with Gasteiger partial charge >= 0.3 is 5.97 Å². The summed E-state index contributed by atoms with van der Waals surface area (Å²) < 4.78 is 0. The molecule has 1 atom stereocenters. The lowest BCUT2D eigenvalue weighted by Gasteiger charge is -2.32. The number of carboxylic acid groups (broad SMARTS) is 1. The lowest BCUT2D eigenvalue weighted by atomic mass is 9.94. The van der Waals surface area contributed by atoms with E-state index in [4.69, 9.17) is 9.78 Å². The van der Waals surface area contributed by atoms with Crippen LogP contribution in [-0.4, -0.2) is 22.3 Å². The number of rotatable bonds is 10. The van der Waals surface area contributed by atoms with Crippen LogP contribution in [0.25, 0.3) is 0 Å². The third-order valence-electron chi connectivity index (χ3n) is 3.17. The van der Waals surface area contributed by atoms with Gasteiger partial charge in [0.25, 0.3) is 0 Å². The van der Waals surface area contributed by atoms with Crippen molar-refractivity contribution in [2.24, 2.45) is 0 Å². The average Bonchev–Trinajstić information content (AvgIpc) is 2.29. The topological polar surface area (TPSA) is 55.8 Å². The van der Waals surface area contributed by atoms with Gasteiger partial charge in [0.15, 0.2) is 5.60 Å². The number of hydrogen-bond acceptors (Lipinski definition) is 3. The van der Waals surface area contributed by atoms with Gasteiger partial charge in [0, 0.05) is 0 Å². The van der Waals surface area contributed by atoms with Gasteiger partial charge in [-0.3, -0.25) is 0 Å². The van der Waals surface area contributed by atoms with E-state index in [0.717, 1.165) is 25.7 Å². The molecule has 0 radical (unpaired) electrons. The number of hydrogen-bond donors (Lipinski definition) is 1. The number of carbonyl (C=O) groups is 1. The molecule has 0 spiro atoms. The molecule has 0 fully saturated rings. The first kappa shape index (κ1) is 17.4. The highest BCUT2D eigenvalue weighted by Crippen LogP contribution is 2.28. The number of unbranched alkanes of at least 4 members (excludes halogenated alkanes) is 1. The van der Waals surface area contributed by atoms with Crippen LogP contribution in [-0.2, 0) is 14.6 Å². The molecule has 0 rings (SSSR count). The standard InChI is InChI=1S/C14H28O4/c1-6-9-11-14(8-3,12(15)16)18-17-13(4,5)10-7-2/h6-11H2,1-5H3,(H,15,16). The molecule has 0 bridgehead atoms. The Morgan fingerprint density at radius 2 is 1.67 bits per heavy atom. The van der Waals surface area contributed by atoms with Gasteiger partial charge in [0.2, 0.25) is 0 Å². The van der Waals surface area contributed by atoms with Crippen molar-refractivity contribution < 1.29 is 19.7 Å². The molecule has 0 saturated heterocycles. The van der Waals surface area contributed by atoms with E-state index in [1.165, 1.54) is 0 Å². The van der Waals surface area contributed by atoms with Crippen LogP contribution < -0.4 is 0 Å². The van der Waals surface area contributed by atoms with Gasteiger partial charge in [-0.05, 0) is 33.1 Å². The second-order valence-electron chi connectivity index (χ2n) is 5.43. The van der Waals surface area contributed by atoms with Gasteiger partial charge in [-0.25, -0.2) is 14.6 Å². The van der Waals surface area contributed by atoms with Gasteiger partial charge in [-0.2, -0.15) is 0 Å². The molecule has 0 aromatic heterocycles. The Morgan fingerprint density at radius 3 is 2.06 bits per heavy atom. The molecule has 18 heavy (non-hydrogen) atoms. The predicted molar refractivity (Wildman–Crippen MR) is 71.3 cm³/mol. The normalized spacial score (nSPS) is 15.4. The van der Waals surface area contributed by atoms with E-state index in [1.54, 1.807) is 0 Å². The quantitative estimate of drug-likeness (QED) is 0.477. The summed E-state index contributed by atoms with van der Waals surface area (Å²) in [6, 6.07) is 0. The first-order chi connectivity index (χ1) is 8.33. The van der Waals surface area contributed by atoms with Crippen molar-refractivity contribution in [3.05, 3.63) is 0 Å². The Kier molecular flexibility index (Phi) is 7.48. The Balaban J connectivity index is 4.63. The third kappa shape index (κ3) is 5.36. The third-order valence-corrected chi connectivity index (χ3v) is 3.17. The summed E-state index contributed by atoms with van der Waals surface area (Å²) in [5.41, 5.74) is -1.65. The van der Waals surface area contributed by atoms with Crippen LogP contribution in [0.3, 0.4) is 0 Å². The van der Waals surface area contributed by atoms with Crippen LogP contribution in [0.1, 0.15) is 73.1 Å². The lowest BCUT2D eigenvalue weighted by Crippen LogP contribution is -2.43. The average molecular weight is 260 g/mol. The molecule has 4 nitrogen and oxygen atoms in total. The molecule has 1 N–H and O–H groups in total. The summed E-state index contributed by atoms with van der Waals surface area (Å²) in [6.45, 7) is 9.74. The molecule has 0 aromatic carbocycles. The van der Waals surface area contributed by atoms with E-state index in [2.05, 4.69) is 6.92 Å². The minimum atomic E-state index is -1.21. The maximum absolute atomic E-state index is 11.4. The van der Waals surface area contributed by atoms with Crippen LogP contribution in [0, 0.1) is 0 Å². The van der Waals surface area contributed by atoms with E-state index in [-0.39, 0.29) is 0 Å². The van der Waals surface area contributed by atoms with Crippen LogP contribution in [0.4, 0.5) is 0 Å². The smallest absolute Gasteiger partial charge is 0.339 e. The van der Waals surface area contributed by atoms with Crippen molar-refractivity contribution in [1.82, 2.24) is 0 Å². The van der Waals surface area contributed by atoms with Crippen molar-refractivity contribution in [3.8, 4) is 0 Å². The van der Waals surface area contributed by atoms with Crippen molar-refractivity contribution >= 4 is 5.97 Å². The van der Waals surface area contributed by atoms with Gasteiger partial charge in [-0.15, -0.1) is 0 Å². The fraction of sp³-hybridized carbons (Fsp3) is 0.929. The molecule has 0 heterocycles. The van der Waals surface area contributed by atoms with Crippen molar-refractivity contribution in [1.29, 1.82) is 0 Å².